The number of hydrogen-bond acceptors (Lipinski definition) is 3. The van der Waals surface area contributed by atoms with E-state index in [1.54, 1.807) is 6.92 Å². The molecule has 2 N–H and O–H groups in total. The molecule has 1 aliphatic carbocycles. The molecule has 0 aliphatic heterocycles. The Hall–Kier alpha value is -0.710. The van der Waals surface area contributed by atoms with Crippen LogP contribution in [0.25, 0.3) is 0 Å². The van der Waals surface area contributed by atoms with E-state index in [1.807, 2.05) is 0 Å². The van der Waals surface area contributed by atoms with E-state index in [4.69, 9.17) is 5.11 Å². The molecule has 1 fully saturated rings. The number of rotatable bonds is 5. The lowest BCUT2D eigenvalue weighted by Gasteiger charge is -2.34. The number of carbonyl (C=O) groups excluding carboxylic acids is 1. The zero-order chi connectivity index (χ0) is 13.7. The third-order valence-electron chi connectivity index (χ3n) is 3.87. The van der Waals surface area contributed by atoms with Crippen LogP contribution in [-0.4, -0.2) is 34.0 Å². The zero-order valence-electron chi connectivity index (χ0n) is 11.3. The highest BCUT2D eigenvalue weighted by atomic mass is 32.2. The molecule has 1 amide bonds. The molecule has 104 valence electrons. The maximum absolute atomic E-state index is 11.8. The highest BCUT2D eigenvalue weighted by Crippen LogP contribution is 2.29. The van der Waals surface area contributed by atoms with Crippen molar-refractivity contribution in [2.45, 2.75) is 51.3 Å². The van der Waals surface area contributed by atoms with Gasteiger partial charge >= 0.3 is 5.97 Å². The van der Waals surface area contributed by atoms with Crippen LogP contribution in [-0.2, 0) is 9.59 Å². The lowest BCUT2D eigenvalue weighted by molar-refractivity contribution is -0.136. The molecule has 0 spiro atoms. The molecule has 0 aromatic carbocycles. The Morgan fingerprint density at radius 2 is 2.06 bits per heavy atom. The number of carboxylic acids is 1. The predicted molar refractivity (Wildman–Crippen MR) is 73.7 cm³/mol. The maximum atomic E-state index is 11.8. The number of carbonyl (C=O) groups is 2. The highest BCUT2D eigenvalue weighted by Gasteiger charge is 2.28. The minimum absolute atomic E-state index is 0.0425. The van der Waals surface area contributed by atoms with Crippen molar-refractivity contribution in [3.8, 4) is 0 Å². The normalized spacial score (nSPS) is 29.6. The highest BCUT2D eigenvalue weighted by molar-refractivity contribution is 8.01. The summed E-state index contributed by atoms with van der Waals surface area (Å²) in [5, 5.41) is 11.3. The van der Waals surface area contributed by atoms with E-state index in [1.165, 1.54) is 18.2 Å². The fraction of sp³-hybridized carbons (Fsp3) is 0.846. The van der Waals surface area contributed by atoms with Crippen molar-refractivity contribution in [1.82, 2.24) is 5.32 Å². The summed E-state index contributed by atoms with van der Waals surface area (Å²) in [6.07, 6.45) is 3.43. The number of nitrogens with one attached hydrogen (secondary N) is 1. The first-order valence-corrected chi connectivity index (χ1v) is 7.60. The van der Waals surface area contributed by atoms with Gasteiger partial charge in [0.1, 0.15) is 0 Å². The summed E-state index contributed by atoms with van der Waals surface area (Å²) in [6, 6.07) is 0.252. The zero-order valence-corrected chi connectivity index (χ0v) is 12.1. The van der Waals surface area contributed by atoms with E-state index in [9.17, 15) is 9.59 Å². The Labute approximate surface area is 113 Å². The van der Waals surface area contributed by atoms with Crippen molar-refractivity contribution in [3.63, 3.8) is 0 Å². The van der Waals surface area contributed by atoms with Crippen LogP contribution < -0.4 is 5.32 Å². The summed E-state index contributed by atoms with van der Waals surface area (Å²) in [4.78, 5) is 22.4. The second kappa shape index (κ2) is 7.02. The van der Waals surface area contributed by atoms with Crippen LogP contribution in [0.4, 0.5) is 0 Å². The van der Waals surface area contributed by atoms with E-state index >= 15 is 0 Å². The van der Waals surface area contributed by atoms with Gasteiger partial charge in [0.05, 0.1) is 11.0 Å². The van der Waals surface area contributed by atoms with Gasteiger partial charge in [0.25, 0.3) is 0 Å². The topological polar surface area (TPSA) is 66.4 Å². The lowest BCUT2D eigenvalue weighted by atomic mass is 9.78. The van der Waals surface area contributed by atoms with Crippen LogP contribution in [0.5, 0.6) is 0 Å². The Kier molecular flexibility index (Phi) is 5.99. The summed E-state index contributed by atoms with van der Waals surface area (Å²) in [5.41, 5.74) is 0. The minimum Gasteiger partial charge on any atom is -0.480 e. The van der Waals surface area contributed by atoms with Gasteiger partial charge in [0.2, 0.25) is 5.91 Å². The maximum Gasteiger partial charge on any atom is 0.316 e. The number of hydrogen-bond donors (Lipinski definition) is 2. The Morgan fingerprint density at radius 1 is 1.39 bits per heavy atom. The first-order valence-electron chi connectivity index (χ1n) is 6.55. The average molecular weight is 273 g/mol. The Morgan fingerprint density at radius 3 is 2.67 bits per heavy atom. The van der Waals surface area contributed by atoms with E-state index in [0.717, 1.165) is 12.8 Å². The summed E-state index contributed by atoms with van der Waals surface area (Å²) in [7, 11) is 0. The smallest absolute Gasteiger partial charge is 0.316 e. The summed E-state index contributed by atoms with van der Waals surface area (Å²) in [6.45, 7) is 6.01. The van der Waals surface area contributed by atoms with Gasteiger partial charge in [-0.2, -0.15) is 0 Å². The van der Waals surface area contributed by atoms with Gasteiger partial charge in [-0.1, -0.05) is 26.7 Å². The molecule has 0 bridgehead atoms. The SMILES string of the molecule is CC(SCC(=O)NC1CCCC(C)C1C)C(=O)O. The first-order chi connectivity index (χ1) is 8.41. The molecule has 4 unspecified atom stereocenters. The summed E-state index contributed by atoms with van der Waals surface area (Å²) in [5.74, 6) is 0.469. The minimum atomic E-state index is -0.868. The molecule has 18 heavy (non-hydrogen) atoms. The molecule has 0 heterocycles. The number of carboxylic acid groups (broad SMARTS) is 1. The third kappa shape index (κ3) is 4.52. The fourth-order valence-electron chi connectivity index (χ4n) is 2.31. The fourth-order valence-corrected chi connectivity index (χ4v) is 2.93. The van der Waals surface area contributed by atoms with Crippen LogP contribution in [0, 0.1) is 11.8 Å². The standard InChI is InChI=1S/C13H23NO3S/c1-8-5-4-6-11(9(8)2)14-12(15)7-18-10(3)13(16)17/h8-11H,4-7H2,1-3H3,(H,14,15)(H,16,17). The molecule has 1 aliphatic rings. The van der Waals surface area contributed by atoms with Gasteiger partial charge < -0.3 is 10.4 Å². The molecule has 0 saturated heterocycles. The molecular weight excluding hydrogens is 250 g/mol. The second-order valence-corrected chi connectivity index (χ2v) is 6.56. The van der Waals surface area contributed by atoms with E-state index < -0.39 is 11.2 Å². The molecule has 5 heteroatoms. The Balaban J connectivity index is 2.33. The molecular formula is C13H23NO3S. The molecule has 1 saturated carbocycles. The van der Waals surface area contributed by atoms with Crippen LogP contribution >= 0.6 is 11.8 Å². The molecule has 1 rings (SSSR count). The first kappa shape index (κ1) is 15.3. The number of aliphatic carboxylic acids is 1. The quantitative estimate of drug-likeness (QED) is 0.805. The molecule has 0 aromatic rings. The number of thioether (sulfide) groups is 1. The van der Waals surface area contributed by atoms with Crippen molar-refractivity contribution >= 4 is 23.6 Å². The van der Waals surface area contributed by atoms with Gasteiger partial charge in [-0.05, 0) is 25.2 Å². The van der Waals surface area contributed by atoms with Crippen molar-refractivity contribution in [1.29, 1.82) is 0 Å². The van der Waals surface area contributed by atoms with Gasteiger partial charge in [-0.25, -0.2) is 0 Å². The van der Waals surface area contributed by atoms with Gasteiger partial charge in [0, 0.05) is 6.04 Å². The molecule has 4 atom stereocenters. The third-order valence-corrected chi connectivity index (χ3v) is 5.00. The summed E-state index contributed by atoms with van der Waals surface area (Å²) >= 11 is 1.17. The summed E-state index contributed by atoms with van der Waals surface area (Å²) < 4.78 is 0. The van der Waals surface area contributed by atoms with Gasteiger partial charge in [-0.15, -0.1) is 11.8 Å². The van der Waals surface area contributed by atoms with Crippen LogP contribution in [0.3, 0.4) is 0 Å². The van der Waals surface area contributed by atoms with Crippen molar-refractivity contribution in [2.24, 2.45) is 11.8 Å². The number of amides is 1. The molecule has 0 radical (unpaired) electrons. The van der Waals surface area contributed by atoms with E-state index in [2.05, 4.69) is 19.2 Å². The Bertz CT molecular complexity index is 309. The van der Waals surface area contributed by atoms with Gasteiger partial charge in [-0.3, -0.25) is 9.59 Å². The molecule has 4 nitrogen and oxygen atoms in total. The second-order valence-electron chi connectivity index (χ2n) is 5.23. The van der Waals surface area contributed by atoms with Gasteiger partial charge in [0.15, 0.2) is 0 Å². The average Bonchev–Trinajstić information content (AvgIpc) is 2.32. The van der Waals surface area contributed by atoms with E-state index in [-0.39, 0.29) is 17.7 Å². The van der Waals surface area contributed by atoms with Crippen molar-refractivity contribution in [2.75, 3.05) is 5.75 Å². The van der Waals surface area contributed by atoms with E-state index in [0.29, 0.717) is 11.8 Å². The molecule has 0 aromatic heterocycles. The lowest BCUT2D eigenvalue weighted by Crippen LogP contribution is -2.44. The predicted octanol–water partition coefficient (Wildman–Crippen LogP) is 2.13. The largest absolute Gasteiger partial charge is 0.480 e. The van der Waals surface area contributed by atoms with Crippen molar-refractivity contribution in [3.05, 3.63) is 0 Å². The van der Waals surface area contributed by atoms with Crippen molar-refractivity contribution < 1.29 is 14.7 Å². The monoisotopic (exact) mass is 273 g/mol. The van der Waals surface area contributed by atoms with Crippen LogP contribution in [0.1, 0.15) is 40.0 Å². The van der Waals surface area contributed by atoms with Crippen LogP contribution in [0.2, 0.25) is 0 Å². The van der Waals surface area contributed by atoms with Crippen LogP contribution in [0.15, 0.2) is 0 Å².